The molecule has 0 saturated carbocycles. The van der Waals surface area contributed by atoms with Crippen LogP contribution < -0.4 is 23.7 Å². The summed E-state index contributed by atoms with van der Waals surface area (Å²) >= 11 is 0. The first kappa shape index (κ1) is 31.7. The van der Waals surface area contributed by atoms with Crippen LogP contribution in [0.1, 0.15) is 33.3 Å². The maximum atomic E-state index is 12.7. The van der Waals surface area contributed by atoms with E-state index in [0.29, 0.717) is 5.56 Å². The van der Waals surface area contributed by atoms with Gasteiger partial charge in [0.05, 0.1) is 0 Å². The van der Waals surface area contributed by atoms with E-state index in [2.05, 4.69) is 26.3 Å². The predicted octanol–water partition coefficient (Wildman–Crippen LogP) is 5.23. The van der Waals surface area contributed by atoms with Crippen molar-refractivity contribution in [3.8, 4) is 28.7 Å². The van der Waals surface area contributed by atoms with Gasteiger partial charge in [0.1, 0.15) is 17.2 Å². The molecule has 0 spiro atoms. The number of hydrogen-bond donors (Lipinski definition) is 0. The van der Waals surface area contributed by atoms with Crippen LogP contribution in [0.2, 0.25) is 0 Å². The molecule has 0 heterocycles. The molecule has 10 nitrogen and oxygen atoms in total. The first-order valence-corrected chi connectivity index (χ1v) is 11.9. The van der Waals surface area contributed by atoms with Crippen molar-refractivity contribution in [2.75, 3.05) is 0 Å². The molecule has 0 aliphatic heterocycles. The van der Waals surface area contributed by atoms with Gasteiger partial charge < -0.3 is 23.7 Å². The lowest BCUT2D eigenvalue weighted by Gasteiger charge is -2.12. The molecule has 0 unspecified atom stereocenters. The summed E-state index contributed by atoms with van der Waals surface area (Å²) in [7, 11) is 0. The Morgan fingerprint density at radius 1 is 0.537 bits per heavy atom. The van der Waals surface area contributed by atoms with Crippen molar-refractivity contribution in [1.82, 2.24) is 0 Å². The van der Waals surface area contributed by atoms with Crippen molar-refractivity contribution in [1.29, 1.82) is 0 Å². The van der Waals surface area contributed by atoms with Gasteiger partial charge in [0.15, 0.2) is 11.5 Å². The minimum absolute atomic E-state index is 0.0100. The lowest BCUT2D eigenvalue weighted by Crippen LogP contribution is -2.12. The summed E-state index contributed by atoms with van der Waals surface area (Å²) in [5, 5.41) is 0. The van der Waals surface area contributed by atoms with E-state index in [4.69, 9.17) is 23.7 Å². The molecule has 0 saturated heterocycles. The van der Waals surface area contributed by atoms with Crippen molar-refractivity contribution >= 4 is 35.9 Å². The summed E-state index contributed by atoms with van der Waals surface area (Å²) in [5.41, 5.74) is 0.788. The Balaban J connectivity index is 2.35. The molecule has 0 N–H and O–H groups in total. The number of carbonyl (C=O) groups is 5. The molecule has 2 rings (SSSR count). The minimum Gasteiger partial charge on any atom is -0.423 e. The van der Waals surface area contributed by atoms with E-state index in [0.717, 1.165) is 6.08 Å². The molecule has 2 aromatic rings. The highest BCUT2D eigenvalue weighted by Crippen LogP contribution is 2.33. The summed E-state index contributed by atoms with van der Waals surface area (Å²) in [6.45, 7) is 19.8. The molecule has 0 aliphatic rings. The topological polar surface area (TPSA) is 132 Å². The molecule has 2 aromatic carbocycles. The maximum Gasteiger partial charge on any atom is 0.338 e. The van der Waals surface area contributed by atoms with E-state index in [9.17, 15) is 24.0 Å². The SMILES string of the molecule is C=C(C)C(=O)Oc1cc(/C=C/C(=O)Oc2ccc(OC(=O)C(=C)C)cc2OC(=O)C(=C)C)cc(OC(=O)C(=C)C)c1. The lowest BCUT2D eigenvalue weighted by molar-refractivity contribution is -0.132. The predicted molar refractivity (Wildman–Crippen MR) is 149 cm³/mol. The number of hydrogen-bond acceptors (Lipinski definition) is 10. The van der Waals surface area contributed by atoms with Crippen LogP contribution in [0.5, 0.6) is 28.7 Å². The monoisotopic (exact) mass is 560 g/mol. The van der Waals surface area contributed by atoms with Crippen LogP contribution in [0.4, 0.5) is 0 Å². The Bertz CT molecular complexity index is 1460. The third kappa shape index (κ3) is 9.95. The standard InChI is InChI=1S/C31H28O10/c1-17(2)28(33)37-22-10-11-25(26(16-22)41-31(36)20(7)8)40-27(32)12-9-21-13-23(38-29(34)18(3)4)15-24(14-21)39-30(35)19(5)6/h9-16H,1,3,5,7H2,2,4,6,8H3/b12-9+. The summed E-state index contributed by atoms with van der Waals surface area (Å²) in [6.07, 6.45) is 2.34. The number of carbonyl (C=O) groups excluding carboxylic acids is 5. The second-order valence-corrected chi connectivity index (χ2v) is 8.78. The summed E-state index contributed by atoms with van der Waals surface area (Å²) in [4.78, 5) is 60.6. The molecule has 41 heavy (non-hydrogen) atoms. The van der Waals surface area contributed by atoms with Crippen molar-refractivity contribution in [2.24, 2.45) is 0 Å². The zero-order chi connectivity index (χ0) is 30.9. The number of rotatable bonds is 11. The van der Waals surface area contributed by atoms with Gasteiger partial charge in [-0.15, -0.1) is 0 Å². The van der Waals surface area contributed by atoms with Crippen LogP contribution in [0, 0.1) is 0 Å². The maximum absolute atomic E-state index is 12.7. The molecule has 0 fully saturated rings. The van der Waals surface area contributed by atoms with E-state index in [1.807, 2.05) is 0 Å². The van der Waals surface area contributed by atoms with E-state index in [1.54, 1.807) is 0 Å². The zero-order valence-corrected chi connectivity index (χ0v) is 23.0. The van der Waals surface area contributed by atoms with Gasteiger partial charge in [0.25, 0.3) is 0 Å². The average molecular weight is 561 g/mol. The van der Waals surface area contributed by atoms with Crippen LogP contribution in [0.15, 0.2) is 91.1 Å². The Morgan fingerprint density at radius 2 is 0.976 bits per heavy atom. The first-order chi connectivity index (χ1) is 19.2. The molecule has 212 valence electrons. The second-order valence-electron chi connectivity index (χ2n) is 8.78. The van der Waals surface area contributed by atoms with Crippen LogP contribution >= 0.6 is 0 Å². The smallest absolute Gasteiger partial charge is 0.338 e. The second kappa shape index (κ2) is 14.0. The molecular formula is C31H28O10. The molecular weight excluding hydrogens is 532 g/mol. The third-order valence-corrected chi connectivity index (χ3v) is 4.67. The number of ether oxygens (including phenoxy) is 5. The average Bonchev–Trinajstić information content (AvgIpc) is 2.88. The third-order valence-electron chi connectivity index (χ3n) is 4.67. The highest BCUT2D eigenvalue weighted by molar-refractivity contribution is 5.93. The zero-order valence-electron chi connectivity index (χ0n) is 23.0. The highest BCUT2D eigenvalue weighted by Gasteiger charge is 2.17. The molecule has 0 amide bonds. The Hall–Kier alpha value is -5.51. The van der Waals surface area contributed by atoms with E-state index < -0.39 is 29.8 Å². The quantitative estimate of drug-likeness (QED) is 0.204. The van der Waals surface area contributed by atoms with E-state index in [1.165, 1.54) is 70.2 Å². The van der Waals surface area contributed by atoms with Crippen molar-refractivity contribution < 1.29 is 47.7 Å². The van der Waals surface area contributed by atoms with E-state index in [-0.39, 0.29) is 51.0 Å². The van der Waals surface area contributed by atoms with Crippen molar-refractivity contribution in [2.45, 2.75) is 27.7 Å². The Morgan fingerprint density at radius 3 is 1.44 bits per heavy atom. The molecule has 0 radical (unpaired) electrons. The fourth-order valence-electron chi connectivity index (χ4n) is 2.60. The fourth-order valence-corrected chi connectivity index (χ4v) is 2.60. The summed E-state index contributed by atoms with van der Waals surface area (Å²) < 4.78 is 26.2. The summed E-state index contributed by atoms with van der Waals surface area (Å²) in [5.74, 6) is -4.16. The van der Waals surface area contributed by atoms with Gasteiger partial charge in [-0.05, 0) is 63.6 Å². The first-order valence-electron chi connectivity index (χ1n) is 11.9. The molecule has 0 aromatic heterocycles. The highest BCUT2D eigenvalue weighted by atomic mass is 16.6. The van der Waals surface area contributed by atoms with Crippen LogP contribution in [0.25, 0.3) is 6.08 Å². The normalized spacial score (nSPS) is 10.2. The van der Waals surface area contributed by atoms with Gasteiger partial charge in [-0.2, -0.15) is 0 Å². The van der Waals surface area contributed by atoms with Crippen molar-refractivity contribution in [3.63, 3.8) is 0 Å². The summed E-state index contributed by atoms with van der Waals surface area (Å²) in [6, 6.07) is 7.91. The van der Waals surface area contributed by atoms with Crippen molar-refractivity contribution in [3.05, 3.63) is 96.6 Å². The van der Waals surface area contributed by atoms with Gasteiger partial charge in [-0.3, -0.25) is 0 Å². The van der Waals surface area contributed by atoms with Crippen LogP contribution in [-0.4, -0.2) is 29.8 Å². The largest absolute Gasteiger partial charge is 0.423 e. The van der Waals surface area contributed by atoms with Gasteiger partial charge in [-0.1, -0.05) is 26.3 Å². The number of esters is 5. The van der Waals surface area contributed by atoms with Gasteiger partial charge in [0.2, 0.25) is 0 Å². The Labute approximate surface area is 236 Å². The Kier molecular flexibility index (Phi) is 10.9. The van der Waals surface area contributed by atoms with Crippen LogP contribution in [0.3, 0.4) is 0 Å². The minimum atomic E-state index is -0.894. The fraction of sp³-hybridized carbons (Fsp3) is 0.129. The lowest BCUT2D eigenvalue weighted by atomic mass is 10.2. The van der Waals surface area contributed by atoms with Gasteiger partial charge >= 0.3 is 29.8 Å². The molecule has 0 bridgehead atoms. The van der Waals surface area contributed by atoms with E-state index >= 15 is 0 Å². The molecule has 10 heteroatoms. The number of benzene rings is 2. The molecule has 0 atom stereocenters. The van der Waals surface area contributed by atoms with Gasteiger partial charge in [-0.25, -0.2) is 24.0 Å². The van der Waals surface area contributed by atoms with Gasteiger partial charge in [0, 0.05) is 40.5 Å². The molecule has 0 aliphatic carbocycles. The van der Waals surface area contributed by atoms with Crippen LogP contribution in [-0.2, 0) is 24.0 Å².